The van der Waals surface area contributed by atoms with Gasteiger partial charge in [0.2, 0.25) is 0 Å². The summed E-state index contributed by atoms with van der Waals surface area (Å²) in [6.45, 7) is 0. The lowest BCUT2D eigenvalue weighted by atomic mass is 10.3. The number of hydrogen-bond acceptors (Lipinski definition) is 2. The van der Waals surface area contributed by atoms with Crippen LogP contribution in [0.5, 0.6) is 11.5 Å². The van der Waals surface area contributed by atoms with E-state index >= 15 is 0 Å². The van der Waals surface area contributed by atoms with E-state index in [1.54, 1.807) is 0 Å². The van der Waals surface area contributed by atoms with Crippen LogP contribution < -0.4 is 9.47 Å². The first-order valence-corrected chi connectivity index (χ1v) is 10.4. The van der Waals surface area contributed by atoms with Crippen molar-refractivity contribution in [2.75, 3.05) is 0 Å². The number of para-hydroxylation sites is 2. The van der Waals surface area contributed by atoms with Gasteiger partial charge in [-0.1, -0.05) is 12.1 Å². The summed E-state index contributed by atoms with van der Waals surface area (Å²) in [6.07, 6.45) is 3.18. The van der Waals surface area contributed by atoms with E-state index in [0.717, 1.165) is 48.7 Å². The molecule has 0 radical (unpaired) electrons. The first kappa shape index (κ1) is 17.8. The largest absolute Gasteiger partial charge is 0.488 e. The van der Waals surface area contributed by atoms with Gasteiger partial charge < -0.3 is 9.47 Å². The molecule has 0 bridgehead atoms. The molecule has 0 aromatic heterocycles. The van der Waals surface area contributed by atoms with E-state index < -0.39 is 0 Å². The zero-order valence-corrected chi connectivity index (χ0v) is 18.4. The number of halogens is 4. The van der Waals surface area contributed by atoms with Crippen molar-refractivity contribution >= 4 is 63.7 Å². The lowest BCUT2D eigenvalue weighted by molar-refractivity contribution is 0.163. The van der Waals surface area contributed by atoms with Crippen LogP contribution in [-0.2, 0) is 0 Å². The number of ether oxygens (including phenoxy) is 2. The number of rotatable bonds is 4. The molecule has 0 spiro atoms. The molecule has 3 rings (SSSR count). The second-order valence-electron chi connectivity index (χ2n) is 5.39. The zero-order chi connectivity index (χ0) is 16.4. The Bertz CT molecular complexity index is 605. The first-order valence-electron chi connectivity index (χ1n) is 7.26. The fraction of sp³-hybridized carbons (Fsp3) is 0.294. The third kappa shape index (κ3) is 4.33. The van der Waals surface area contributed by atoms with Crippen LogP contribution in [0, 0.1) is 0 Å². The van der Waals surface area contributed by atoms with Crippen molar-refractivity contribution in [2.45, 2.75) is 31.5 Å². The Kier molecular flexibility index (Phi) is 6.10. The predicted octanol–water partition coefficient (Wildman–Crippen LogP) is 7.12. The molecule has 1 fully saturated rings. The van der Waals surface area contributed by atoms with Crippen LogP contribution in [0.25, 0.3) is 0 Å². The second kappa shape index (κ2) is 7.89. The van der Waals surface area contributed by atoms with Crippen molar-refractivity contribution in [3.8, 4) is 11.5 Å². The van der Waals surface area contributed by atoms with Crippen LogP contribution in [-0.4, -0.2) is 12.2 Å². The maximum absolute atomic E-state index is 6.17. The van der Waals surface area contributed by atoms with Crippen LogP contribution in [0.3, 0.4) is 0 Å². The van der Waals surface area contributed by atoms with Gasteiger partial charge in [0.1, 0.15) is 23.7 Å². The first-order chi connectivity index (χ1) is 11.0. The highest BCUT2D eigenvalue weighted by Gasteiger charge is 2.29. The smallest absolute Gasteiger partial charge is 0.148 e. The molecule has 1 aliphatic rings. The van der Waals surface area contributed by atoms with Crippen LogP contribution >= 0.6 is 63.7 Å². The van der Waals surface area contributed by atoms with Gasteiger partial charge in [-0.3, -0.25) is 0 Å². The Labute approximate surface area is 169 Å². The Hall–Kier alpha value is -0.0400. The summed E-state index contributed by atoms with van der Waals surface area (Å²) in [7, 11) is 0. The van der Waals surface area contributed by atoms with Gasteiger partial charge in [-0.2, -0.15) is 0 Å². The van der Waals surface area contributed by atoms with Crippen molar-refractivity contribution in [2.24, 2.45) is 0 Å². The maximum Gasteiger partial charge on any atom is 0.148 e. The quantitative estimate of drug-likeness (QED) is 0.391. The normalized spacial score (nSPS) is 20.5. The third-order valence-corrected chi connectivity index (χ3v) is 6.24. The molecule has 0 aliphatic heterocycles. The van der Waals surface area contributed by atoms with Crippen LogP contribution in [0.2, 0.25) is 0 Å². The molecule has 0 N–H and O–H groups in total. The van der Waals surface area contributed by atoms with Gasteiger partial charge in [0.05, 0.1) is 17.9 Å². The van der Waals surface area contributed by atoms with E-state index in [9.17, 15) is 0 Å². The van der Waals surface area contributed by atoms with E-state index in [4.69, 9.17) is 9.47 Å². The van der Waals surface area contributed by atoms with Gasteiger partial charge in [-0.05, 0) is 101 Å². The Morgan fingerprint density at radius 2 is 1.00 bits per heavy atom. The van der Waals surface area contributed by atoms with Crippen molar-refractivity contribution in [3.63, 3.8) is 0 Å². The summed E-state index contributed by atoms with van der Waals surface area (Å²) >= 11 is 14.2. The predicted molar refractivity (Wildman–Crippen MR) is 106 cm³/mol. The van der Waals surface area contributed by atoms with E-state index in [1.165, 1.54) is 0 Å². The van der Waals surface area contributed by atoms with Crippen LogP contribution in [0.4, 0.5) is 0 Å². The summed E-state index contributed by atoms with van der Waals surface area (Å²) < 4.78 is 16.2. The highest BCUT2D eigenvalue weighted by atomic mass is 79.9. The van der Waals surface area contributed by atoms with Gasteiger partial charge in [0, 0.05) is 6.42 Å². The van der Waals surface area contributed by atoms with Gasteiger partial charge >= 0.3 is 0 Å². The van der Waals surface area contributed by atoms with Crippen molar-refractivity contribution in [3.05, 3.63) is 54.3 Å². The minimum Gasteiger partial charge on any atom is -0.488 e. The van der Waals surface area contributed by atoms with Crippen molar-refractivity contribution < 1.29 is 9.47 Å². The molecule has 6 heteroatoms. The minimum absolute atomic E-state index is 0.163. The summed E-state index contributed by atoms with van der Waals surface area (Å²) in [5.41, 5.74) is 0. The fourth-order valence-corrected chi connectivity index (χ4v) is 5.01. The van der Waals surface area contributed by atoms with Gasteiger partial charge in [0.15, 0.2) is 0 Å². The molecule has 2 aromatic rings. The molecule has 0 amide bonds. The maximum atomic E-state index is 6.17. The molecule has 1 saturated carbocycles. The minimum atomic E-state index is 0.163. The van der Waals surface area contributed by atoms with Gasteiger partial charge in [0.25, 0.3) is 0 Å². The highest BCUT2D eigenvalue weighted by Crippen LogP contribution is 2.39. The fourth-order valence-electron chi connectivity index (χ4n) is 2.64. The van der Waals surface area contributed by atoms with E-state index in [0.29, 0.717) is 0 Å². The molecule has 1 aliphatic carbocycles. The number of hydrogen-bond donors (Lipinski definition) is 0. The molecular formula is C17H14Br4O2. The average Bonchev–Trinajstić information content (AvgIpc) is 2.95. The van der Waals surface area contributed by atoms with Crippen molar-refractivity contribution in [1.82, 2.24) is 0 Å². The Balaban J connectivity index is 1.65. The van der Waals surface area contributed by atoms with E-state index in [-0.39, 0.29) is 12.2 Å². The van der Waals surface area contributed by atoms with Gasteiger partial charge in [-0.15, -0.1) is 0 Å². The Morgan fingerprint density at radius 3 is 1.35 bits per heavy atom. The lowest BCUT2D eigenvalue weighted by Crippen LogP contribution is -2.18. The van der Waals surface area contributed by atoms with Gasteiger partial charge in [-0.25, -0.2) is 0 Å². The highest BCUT2D eigenvalue weighted by molar-refractivity contribution is 9.11. The molecule has 23 heavy (non-hydrogen) atoms. The molecule has 2 nitrogen and oxygen atoms in total. The Morgan fingerprint density at radius 1 is 0.652 bits per heavy atom. The summed E-state index contributed by atoms with van der Waals surface area (Å²) in [5.74, 6) is 1.72. The third-order valence-electron chi connectivity index (χ3n) is 3.74. The van der Waals surface area contributed by atoms with E-state index in [2.05, 4.69) is 63.7 Å². The SMILES string of the molecule is Brc1cccc(Br)c1OC1CCC(Oc2c(Br)cccc2Br)C1. The number of benzene rings is 2. The summed E-state index contributed by atoms with van der Waals surface area (Å²) in [6, 6.07) is 11.9. The molecule has 122 valence electrons. The molecule has 2 unspecified atom stereocenters. The molecule has 2 atom stereocenters. The zero-order valence-electron chi connectivity index (χ0n) is 12.1. The van der Waals surface area contributed by atoms with Crippen molar-refractivity contribution in [1.29, 1.82) is 0 Å². The summed E-state index contributed by atoms with van der Waals surface area (Å²) in [5, 5.41) is 0. The monoisotopic (exact) mass is 566 g/mol. The molecule has 2 aromatic carbocycles. The van der Waals surface area contributed by atoms with Crippen LogP contribution in [0.1, 0.15) is 19.3 Å². The van der Waals surface area contributed by atoms with Crippen LogP contribution in [0.15, 0.2) is 54.3 Å². The molecular weight excluding hydrogens is 556 g/mol. The standard InChI is InChI=1S/C17H14Br4O2/c18-12-3-1-4-13(19)16(12)22-10-7-8-11(9-10)23-17-14(20)5-2-6-15(17)21/h1-6,10-11H,7-9H2. The summed E-state index contributed by atoms with van der Waals surface area (Å²) in [4.78, 5) is 0. The lowest BCUT2D eigenvalue weighted by Gasteiger charge is -2.18. The molecule has 0 heterocycles. The van der Waals surface area contributed by atoms with E-state index in [1.807, 2.05) is 36.4 Å². The second-order valence-corrected chi connectivity index (χ2v) is 8.81. The topological polar surface area (TPSA) is 18.5 Å². The average molecular weight is 570 g/mol. The molecule has 0 saturated heterocycles.